The lowest BCUT2D eigenvalue weighted by molar-refractivity contribution is 0.311. The van der Waals surface area contributed by atoms with Gasteiger partial charge in [0.2, 0.25) is 0 Å². The van der Waals surface area contributed by atoms with Crippen LogP contribution in [-0.2, 0) is 12.3 Å². The van der Waals surface area contributed by atoms with E-state index in [0.29, 0.717) is 12.5 Å². The van der Waals surface area contributed by atoms with Gasteiger partial charge in [-0.25, -0.2) is 4.98 Å². The molecule has 0 unspecified atom stereocenters. The number of benzene rings is 1. The fourth-order valence-corrected chi connectivity index (χ4v) is 2.94. The summed E-state index contributed by atoms with van der Waals surface area (Å²) < 4.78 is 6.70. The number of aryl methyl sites for hydroxylation is 1. The maximum atomic E-state index is 5.71. The minimum absolute atomic E-state index is 0.491. The van der Waals surface area contributed by atoms with Gasteiger partial charge in [0, 0.05) is 16.3 Å². The molecular formula is C13H13BrClNOS. The Morgan fingerprint density at radius 3 is 3.00 bits per heavy atom. The first kappa shape index (κ1) is 13.8. The second-order valence-electron chi connectivity index (χ2n) is 3.78. The van der Waals surface area contributed by atoms with Crippen LogP contribution in [0.2, 0.25) is 0 Å². The fourth-order valence-electron chi connectivity index (χ4n) is 1.50. The van der Waals surface area contributed by atoms with E-state index >= 15 is 0 Å². The van der Waals surface area contributed by atoms with Gasteiger partial charge >= 0.3 is 0 Å². The Morgan fingerprint density at radius 2 is 2.28 bits per heavy atom. The van der Waals surface area contributed by atoms with E-state index in [9.17, 15) is 0 Å². The molecule has 0 saturated carbocycles. The van der Waals surface area contributed by atoms with Gasteiger partial charge in [-0.05, 0) is 24.6 Å². The van der Waals surface area contributed by atoms with Crippen LogP contribution in [0, 0.1) is 0 Å². The van der Waals surface area contributed by atoms with E-state index in [-0.39, 0.29) is 0 Å². The molecule has 0 radical (unpaired) electrons. The van der Waals surface area contributed by atoms with E-state index in [0.717, 1.165) is 33.8 Å². The van der Waals surface area contributed by atoms with Gasteiger partial charge in [0.15, 0.2) is 0 Å². The summed E-state index contributed by atoms with van der Waals surface area (Å²) in [6.45, 7) is 0.701. The van der Waals surface area contributed by atoms with Crippen molar-refractivity contribution in [1.29, 1.82) is 0 Å². The molecule has 0 saturated heterocycles. The zero-order valence-electron chi connectivity index (χ0n) is 9.73. The summed E-state index contributed by atoms with van der Waals surface area (Å²) in [4.78, 5) is 4.41. The van der Waals surface area contributed by atoms with Crippen molar-refractivity contribution < 1.29 is 4.74 Å². The van der Waals surface area contributed by atoms with Crippen LogP contribution in [-0.4, -0.2) is 11.6 Å². The number of thiazole rings is 1. The number of halogens is 2. The zero-order chi connectivity index (χ0) is 12.8. The minimum atomic E-state index is 0.491. The quantitative estimate of drug-likeness (QED) is 0.561. The largest absolute Gasteiger partial charge is 0.494 e. The summed E-state index contributed by atoms with van der Waals surface area (Å²) in [6, 6.07) is 7.87. The average molecular weight is 347 g/mol. The van der Waals surface area contributed by atoms with E-state index in [1.807, 2.05) is 29.6 Å². The molecule has 1 aromatic heterocycles. The van der Waals surface area contributed by atoms with Gasteiger partial charge in [-0.15, -0.1) is 22.9 Å². The van der Waals surface area contributed by atoms with Gasteiger partial charge in [0.05, 0.1) is 23.2 Å². The van der Waals surface area contributed by atoms with Crippen LogP contribution in [0.5, 0.6) is 5.75 Å². The summed E-state index contributed by atoms with van der Waals surface area (Å²) in [5.41, 5.74) is 0.963. The number of alkyl halides is 1. The molecule has 0 N–H and O–H groups in total. The molecule has 1 heterocycles. The van der Waals surface area contributed by atoms with Gasteiger partial charge in [-0.2, -0.15) is 0 Å². The monoisotopic (exact) mass is 345 g/mol. The molecular weight excluding hydrogens is 334 g/mol. The predicted octanol–water partition coefficient (Wildman–Crippen LogP) is 4.66. The van der Waals surface area contributed by atoms with Crippen molar-refractivity contribution >= 4 is 38.9 Å². The standard InChI is InChI=1S/C13H13BrClNOS/c14-10-3-1-4-12(7-10)17-6-2-5-13-16-11(8-15)9-18-13/h1,3-4,7,9H,2,5-6,8H2. The lowest BCUT2D eigenvalue weighted by atomic mass is 10.3. The van der Waals surface area contributed by atoms with Crippen molar-refractivity contribution in [3.8, 4) is 5.75 Å². The highest BCUT2D eigenvalue weighted by atomic mass is 79.9. The molecule has 0 aliphatic carbocycles. The Hall–Kier alpha value is -0.580. The van der Waals surface area contributed by atoms with Gasteiger partial charge in [0.25, 0.3) is 0 Å². The van der Waals surface area contributed by atoms with Crippen molar-refractivity contribution in [3.63, 3.8) is 0 Å². The number of rotatable bonds is 6. The molecule has 0 fully saturated rings. The minimum Gasteiger partial charge on any atom is -0.494 e. The van der Waals surface area contributed by atoms with Crippen LogP contribution in [0.3, 0.4) is 0 Å². The molecule has 0 atom stereocenters. The number of aromatic nitrogens is 1. The highest BCUT2D eigenvalue weighted by molar-refractivity contribution is 9.10. The summed E-state index contributed by atoms with van der Waals surface area (Å²) >= 11 is 10.8. The molecule has 0 spiro atoms. The zero-order valence-corrected chi connectivity index (χ0v) is 12.9. The molecule has 5 heteroatoms. The first-order valence-corrected chi connectivity index (χ1v) is 7.86. The maximum absolute atomic E-state index is 5.71. The second kappa shape index (κ2) is 7.12. The van der Waals surface area contributed by atoms with Crippen molar-refractivity contribution in [2.75, 3.05) is 6.61 Å². The first-order chi connectivity index (χ1) is 8.78. The summed E-state index contributed by atoms with van der Waals surface area (Å²) in [7, 11) is 0. The Balaban J connectivity index is 1.72. The number of hydrogen-bond acceptors (Lipinski definition) is 3. The Labute approximate surface area is 124 Å². The maximum Gasteiger partial charge on any atom is 0.120 e. The molecule has 0 aliphatic heterocycles. The van der Waals surface area contributed by atoms with E-state index in [1.54, 1.807) is 11.3 Å². The van der Waals surface area contributed by atoms with Gasteiger partial charge in [-0.3, -0.25) is 0 Å². The Morgan fingerprint density at radius 1 is 1.39 bits per heavy atom. The molecule has 2 aromatic rings. The van der Waals surface area contributed by atoms with Gasteiger partial charge in [-0.1, -0.05) is 22.0 Å². The van der Waals surface area contributed by atoms with E-state index in [4.69, 9.17) is 16.3 Å². The van der Waals surface area contributed by atoms with Crippen LogP contribution < -0.4 is 4.74 Å². The van der Waals surface area contributed by atoms with Crippen LogP contribution in [0.1, 0.15) is 17.1 Å². The lowest BCUT2D eigenvalue weighted by Gasteiger charge is -2.05. The molecule has 2 nitrogen and oxygen atoms in total. The Bertz CT molecular complexity index is 503. The molecule has 0 aliphatic rings. The normalized spacial score (nSPS) is 10.6. The molecule has 0 bridgehead atoms. The molecule has 18 heavy (non-hydrogen) atoms. The summed E-state index contributed by atoms with van der Waals surface area (Å²) in [5, 5.41) is 3.14. The third-order valence-electron chi connectivity index (χ3n) is 2.34. The summed E-state index contributed by atoms with van der Waals surface area (Å²) in [5.74, 6) is 1.38. The Kier molecular flexibility index (Phi) is 5.47. The predicted molar refractivity (Wildman–Crippen MR) is 79.6 cm³/mol. The van der Waals surface area contributed by atoms with E-state index in [1.165, 1.54) is 0 Å². The topological polar surface area (TPSA) is 22.1 Å². The first-order valence-electron chi connectivity index (χ1n) is 5.65. The van der Waals surface area contributed by atoms with Crippen molar-refractivity contribution in [2.45, 2.75) is 18.7 Å². The van der Waals surface area contributed by atoms with E-state index in [2.05, 4.69) is 20.9 Å². The van der Waals surface area contributed by atoms with Crippen molar-refractivity contribution in [3.05, 3.63) is 44.8 Å². The number of nitrogens with zero attached hydrogens (tertiary/aromatic N) is 1. The van der Waals surface area contributed by atoms with Crippen LogP contribution in [0.15, 0.2) is 34.1 Å². The SMILES string of the molecule is ClCc1csc(CCCOc2cccc(Br)c2)n1. The molecule has 0 amide bonds. The third-order valence-corrected chi connectivity index (χ3v) is 4.06. The highest BCUT2D eigenvalue weighted by Crippen LogP contribution is 2.18. The van der Waals surface area contributed by atoms with Crippen LogP contribution >= 0.6 is 38.9 Å². The number of ether oxygens (including phenoxy) is 1. The van der Waals surface area contributed by atoms with Crippen LogP contribution in [0.4, 0.5) is 0 Å². The molecule has 96 valence electrons. The fraction of sp³-hybridized carbons (Fsp3) is 0.308. The summed E-state index contributed by atoms with van der Waals surface area (Å²) in [6.07, 6.45) is 1.90. The molecule has 1 aromatic carbocycles. The van der Waals surface area contributed by atoms with Crippen molar-refractivity contribution in [1.82, 2.24) is 4.98 Å². The van der Waals surface area contributed by atoms with Gasteiger partial charge in [0.1, 0.15) is 5.75 Å². The highest BCUT2D eigenvalue weighted by Gasteiger charge is 2.01. The van der Waals surface area contributed by atoms with E-state index < -0.39 is 0 Å². The smallest absolute Gasteiger partial charge is 0.120 e. The van der Waals surface area contributed by atoms with Gasteiger partial charge < -0.3 is 4.74 Å². The van der Waals surface area contributed by atoms with Crippen LogP contribution in [0.25, 0.3) is 0 Å². The number of hydrogen-bond donors (Lipinski definition) is 0. The second-order valence-corrected chi connectivity index (χ2v) is 5.90. The third kappa shape index (κ3) is 4.26. The molecule has 2 rings (SSSR count). The lowest BCUT2D eigenvalue weighted by Crippen LogP contribution is -1.99. The average Bonchev–Trinajstić information content (AvgIpc) is 2.83. The van der Waals surface area contributed by atoms with Crippen molar-refractivity contribution in [2.24, 2.45) is 0 Å².